The number of aliphatic carboxylic acids is 1. The number of carbonyl (C=O) groups is 1. The van der Waals surface area contributed by atoms with Gasteiger partial charge in [-0.1, -0.05) is 6.07 Å². The van der Waals surface area contributed by atoms with Gasteiger partial charge in [0.2, 0.25) is 0 Å². The van der Waals surface area contributed by atoms with E-state index in [1.807, 2.05) is 27.9 Å². The molecule has 212 valence electrons. The third-order valence-electron chi connectivity index (χ3n) is 5.48. The third-order valence-corrected chi connectivity index (χ3v) is 5.48. The lowest BCUT2D eigenvalue weighted by atomic mass is 10.1. The fraction of sp³-hybridized carbons (Fsp3) is 0.640. The summed E-state index contributed by atoms with van der Waals surface area (Å²) in [7, 11) is 7.08. The predicted octanol–water partition coefficient (Wildman–Crippen LogP) is 1.78. The number of nitrogens with zero attached hydrogens (tertiary/aromatic N) is 1. The molecule has 3 rings (SSSR count). The first-order valence-electron chi connectivity index (χ1n) is 11.7. The van der Waals surface area contributed by atoms with Crippen molar-refractivity contribution >= 4 is 24.5 Å². The summed E-state index contributed by atoms with van der Waals surface area (Å²) in [6.45, 7) is 4.70. The second-order valence-corrected chi connectivity index (χ2v) is 9.10. The van der Waals surface area contributed by atoms with Gasteiger partial charge in [-0.05, 0) is 64.7 Å². The Kier molecular flexibility index (Phi) is 13.8. The number of fused-ring (bicyclic) bond motifs is 1. The topological polar surface area (TPSA) is 136 Å². The van der Waals surface area contributed by atoms with Crippen molar-refractivity contribution in [2.45, 2.75) is 56.8 Å². The van der Waals surface area contributed by atoms with E-state index in [-0.39, 0.29) is 25.1 Å². The zero-order chi connectivity index (χ0) is 26.9. The Balaban J connectivity index is 0.000000381. The van der Waals surface area contributed by atoms with E-state index < -0.39 is 36.4 Å². The van der Waals surface area contributed by atoms with Crippen molar-refractivity contribution in [1.82, 2.24) is 4.90 Å². The van der Waals surface area contributed by atoms with E-state index in [2.05, 4.69) is 4.90 Å². The Morgan fingerprint density at radius 3 is 2.43 bits per heavy atom. The molecule has 0 amide bonds. The van der Waals surface area contributed by atoms with Crippen molar-refractivity contribution < 1.29 is 48.5 Å². The largest absolute Gasteiger partial charge is 0.493 e. The number of benzene rings is 1. The van der Waals surface area contributed by atoms with E-state index in [1.165, 1.54) is 13.2 Å². The highest BCUT2D eigenvalue weighted by Crippen LogP contribution is 2.39. The highest BCUT2D eigenvalue weighted by molar-refractivity contribution is 5.85. The summed E-state index contributed by atoms with van der Waals surface area (Å²) >= 11 is 0. The first kappa shape index (κ1) is 33.1. The van der Waals surface area contributed by atoms with Gasteiger partial charge < -0.3 is 48.6 Å². The molecular formula is C25H40ClNO10. The molecule has 0 aliphatic carbocycles. The molecule has 0 aromatic heterocycles. The van der Waals surface area contributed by atoms with Gasteiger partial charge in [-0.25, -0.2) is 4.79 Å². The summed E-state index contributed by atoms with van der Waals surface area (Å²) in [6.07, 6.45) is 0.389. The van der Waals surface area contributed by atoms with Crippen LogP contribution in [0.25, 0.3) is 6.08 Å². The fourth-order valence-electron chi connectivity index (χ4n) is 3.83. The maximum Gasteiger partial charge on any atom is 0.328 e. The minimum absolute atomic E-state index is 0. The Morgan fingerprint density at radius 1 is 1.19 bits per heavy atom. The van der Waals surface area contributed by atoms with Gasteiger partial charge in [0.25, 0.3) is 0 Å². The smallest absolute Gasteiger partial charge is 0.328 e. The summed E-state index contributed by atoms with van der Waals surface area (Å²) < 4.78 is 33.1. The minimum atomic E-state index is -1.01. The van der Waals surface area contributed by atoms with Crippen molar-refractivity contribution in [3.05, 3.63) is 29.8 Å². The van der Waals surface area contributed by atoms with Gasteiger partial charge in [0.05, 0.1) is 20.8 Å². The SMILES string of the molecule is CN(C)CCCOC1C(C(O)CO)OC2OC(C)(C)OC21.COc1ccc(C=CC(=O)O)cc1OC.Cl. The Morgan fingerprint density at radius 2 is 1.86 bits per heavy atom. The third kappa shape index (κ3) is 10.0. The van der Waals surface area contributed by atoms with Gasteiger partial charge in [0, 0.05) is 12.7 Å². The average molecular weight is 550 g/mol. The number of ether oxygens (including phenoxy) is 6. The van der Waals surface area contributed by atoms with Gasteiger partial charge in [-0.3, -0.25) is 0 Å². The molecule has 0 spiro atoms. The molecule has 5 unspecified atom stereocenters. The first-order valence-corrected chi connectivity index (χ1v) is 11.7. The van der Waals surface area contributed by atoms with Crippen molar-refractivity contribution in [1.29, 1.82) is 0 Å². The number of aliphatic hydroxyl groups is 2. The van der Waals surface area contributed by atoms with Crippen LogP contribution < -0.4 is 9.47 Å². The van der Waals surface area contributed by atoms with Crippen LogP contribution in [0.4, 0.5) is 0 Å². The molecule has 2 heterocycles. The highest BCUT2D eigenvalue weighted by Gasteiger charge is 2.56. The number of carboxylic acid groups (broad SMARTS) is 1. The normalized spacial score (nSPS) is 24.7. The molecule has 11 nitrogen and oxygen atoms in total. The monoisotopic (exact) mass is 549 g/mol. The van der Waals surface area contributed by atoms with E-state index in [0.29, 0.717) is 18.1 Å². The molecule has 3 N–H and O–H groups in total. The van der Waals surface area contributed by atoms with Crippen molar-refractivity contribution in [2.75, 3.05) is 48.1 Å². The van der Waals surface area contributed by atoms with Crippen LogP contribution in [0.2, 0.25) is 0 Å². The lowest BCUT2D eigenvalue weighted by Crippen LogP contribution is -2.44. The number of methoxy groups -OCH3 is 2. The maximum atomic E-state index is 10.3. The summed E-state index contributed by atoms with van der Waals surface area (Å²) in [5.41, 5.74) is 0.745. The number of carboxylic acids is 1. The minimum Gasteiger partial charge on any atom is -0.493 e. The lowest BCUT2D eigenvalue weighted by molar-refractivity contribution is -0.231. The quantitative estimate of drug-likeness (QED) is 0.275. The summed E-state index contributed by atoms with van der Waals surface area (Å²) in [4.78, 5) is 12.4. The van der Waals surface area contributed by atoms with Crippen LogP contribution in [0.15, 0.2) is 24.3 Å². The lowest BCUT2D eigenvalue weighted by Gasteiger charge is -2.28. The molecule has 5 atom stereocenters. The van der Waals surface area contributed by atoms with E-state index in [4.69, 9.17) is 38.6 Å². The van der Waals surface area contributed by atoms with Gasteiger partial charge in [0.1, 0.15) is 24.4 Å². The second kappa shape index (κ2) is 15.5. The van der Waals surface area contributed by atoms with Crippen LogP contribution in [0.1, 0.15) is 25.8 Å². The van der Waals surface area contributed by atoms with Crippen LogP contribution in [0.3, 0.4) is 0 Å². The molecule has 2 saturated heterocycles. The van der Waals surface area contributed by atoms with Crippen molar-refractivity contribution in [3.8, 4) is 11.5 Å². The Hall–Kier alpha value is -1.96. The standard InChI is InChI=1S/C14H27NO6.C11H12O4.ClH/c1-14(2)20-12-11(18-7-5-6-15(3)4)10(9(17)8-16)19-13(12)21-14;1-14-9-5-3-8(4-6-11(12)13)7-10(9)15-2;/h9-13,16-17H,5-8H2,1-4H3;3-7H,1-2H3,(H,12,13);1H. The Bertz CT molecular complexity index is 866. The Labute approximate surface area is 224 Å². The zero-order valence-electron chi connectivity index (χ0n) is 22.2. The summed E-state index contributed by atoms with van der Waals surface area (Å²) in [6, 6.07) is 5.18. The van der Waals surface area contributed by atoms with E-state index >= 15 is 0 Å². The fourth-order valence-corrected chi connectivity index (χ4v) is 3.83. The number of halogens is 1. The molecule has 12 heteroatoms. The van der Waals surface area contributed by atoms with Crippen LogP contribution in [-0.4, -0.2) is 111 Å². The summed E-state index contributed by atoms with van der Waals surface area (Å²) in [5.74, 6) is -0.518. The van der Waals surface area contributed by atoms with Gasteiger partial charge in [-0.2, -0.15) is 0 Å². The number of rotatable bonds is 11. The predicted molar refractivity (Wildman–Crippen MR) is 138 cm³/mol. The summed E-state index contributed by atoms with van der Waals surface area (Å²) in [5, 5.41) is 27.5. The van der Waals surface area contributed by atoms with Crippen LogP contribution in [0, 0.1) is 0 Å². The van der Waals surface area contributed by atoms with Crippen molar-refractivity contribution in [3.63, 3.8) is 0 Å². The number of hydrogen-bond acceptors (Lipinski definition) is 10. The number of hydrogen-bond donors (Lipinski definition) is 3. The van der Waals surface area contributed by atoms with Gasteiger partial charge in [-0.15, -0.1) is 12.4 Å². The molecule has 2 fully saturated rings. The highest BCUT2D eigenvalue weighted by atomic mass is 35.5. The van der Waals surface area contributed by atoms with Crippen LogP contribution >= 0.6 is 12.4 Å². The average Bonchev–Trinajstić information content (AvgIpc) is 3.31. The van der Waals surface area contributed by atoms with Gasteiger partial charge in [0.15, 0.2) is 23.6 Å². The molecule has 37 heavy (non-hydrogen) atoms. The second-order valence-electron chi connectivity index (χ2n) is 9.10. The molecule has 0 bridgehead atoms. The van der Waals surface area contributed by atoms with E-state index in [0.717, 1.165) is 24.6 Å². The maximum absolute atomic E-state index is 10.3. The molecule has 1 aromatic carbocycles. The van der Waals surface area contributed by atoms with Crippen molar-refractivity contribution in [2.24, 2.45) is 0 Å². The van der Waals surface area contributed by atoms with E-state index in [9.17, 15) is 9.90 Å². The molecule has 2 aliphatic rings. The zero-order valence-corrected chi connectivity index (χ0v) is 23.0. The van der Waals surface area contributed by atoms with Crippen LogP contribution in [-0.2, 0) is 23.7 Å². The first-order chi connectivity index (χ1) is 17.0. The molecule has 0 radical (unpaired) electrons. The molecular weight excluding hydrogens is 510 g/mol. The van der Waals surface area contributed by atoms with Gasteiger partial charge >= 0.3 is 5.97 Å². The molecule has 1 aromatic rings. The molecule has 2 aliphatic heterocycles. The number of aliphatic hydroxyl groups excluding tert-OH is 2. The van der Waals surface area contributed by atoms with Crippen LogP contribution in [0.5, 0.6) is 11.5 Å². The molecule has 0 saturated carbocycles. The van der Waals surface area contributed by atoms with E-state index in [1.54, 1.807) is 25.3 Å².